The molecule has 5 rings (SSSR count). The third-order valence-electron chi connectivity index (χ3n) is 4.73. The molecule has 0 heterocycles. The van der Waals surface area contributed by atoms with Crippen LogP contribution in [0.4, 0.5) is 0 Å². The number of benzene rings is 3. The fourth-order valence-corrected chi connectivity index (χ4v) is 3.86. The van der Waals surface area contributed by atoms with E-state index >= 15 is 0 Å². The Kier molecular flexibility index (Phi) is 2.09. The van der Waals surface area contributed by atoms with Gasteiger partial charge in [0, 0.05) is 5.92 Å². The standard InChI is InChI=1S/C21H14/c1-2-8-15-14(7-1)13-20-18-11-4-3-9-16(18)17-10-5-6-12-19(17)21(15)20/h1-13,21H. The first-order valence-corrected chi connectivity index (χ1v) is 7.43. The van der Waals surface area contributed by atoms with E-state index in [2.05, 4.69) is 78.9 Å². The maximum atomic E-state index is 2.37. The minimum Gasteiger partial charge on any atom is -0.0619 e. The highest BCUT2D eigenvalue weighted by molar-refractivity contribution is 6.02. The SMILES string of the molecule is C1=C2c3ccccc3-c3ccccc3C2c2ccccc21. The second-order valence-electron chi connectivity index (χ2n) is 5.79. The number of hydrogen-bond donors (Lipinski definition) is 0. The van der Waals surface area contributed by atoms with Gasteiger partial charge in [-0.3, -0.25) is 0 Å². The third-order valence-corrected chi connectivity index (χ3v) is 4.73. The zero-order valence-corrected chi connectivity index (χ0v) is 11.6. The number of fused-ring (bicyclic) bond motifs is 8. The van der Waals surface area contributed by atoms with Crippen molar-refractivity contribution in [3.05, 3.63) is 95.1 Å². The van der Waals surface area contributed by atoms with Crippen LogP contribution in [-0.4, -0.2) is 0 Å². The van der Waals surface area contributed by atoms with Crippen molar-refractivity contribution in [1.29, 1.82) is 0 Å². The van der Waals surface area contributed by atoms with Crippen molar-refractivity contribution in [1.82, 2.24) is 0 Å². The molecule has 2 aliphatic carbocycles. The topological polar surface area (TPSA) is 0 Å². The zero-order chi connectivity index (χ0) is 13.8. The minimum absolute atomic E-state index is 0.396. The Bertz CT molecular complexity index is 899. The predicted molar refractivity (Wildman–Crippen MR) is 88.0 cm³/mol. The second kappa shape index (κ2) is 3.95. The van der Waals surface area contributed by atoms with E-state index in [1.165, 1.54) is 39.0 Å². The first-order valence-electron chi connectivity index (χ1n) is 7.43. The van der Waals surface area contributed by atoms with Gasteiger partial charge in [-0.15, -0.1) is 0 Å². The highest BCUT2D eigenvalue weighted by Crippen LogP contribution is 2.53. The molecule has 3 aromatic carbocycles. The van der Waals surface area contributed by atoms with Crippen LogP contribution in [0.5, 0.6) is 0 Å². The lowest BCUT2D eigenvalue weighted by Gasteiger charge is -2.28. The highest BCUT2D eigenvalue weighted by Gasteiger charge is 2.33. The molecule has 0 amide bonds. The molecule has 98 valence electrons. The second-order valence-corrected chi connectivity index (χ2v) is 5.79. The van der Waals surface area contributed by atoms with Crippen molar-refractivity contribution in [2.45, 2.75) is 5.92 Å². The van der Waals surface area contributed by atoms with Crippen LogP contribution in [0.2, 0.25) is 0 Å². The van der Waals surface area contributed by atoms with Crippen LogP contribution < -0.4 is 0 Å². The van der Waals surface area contributed by atoms with Gasteiger partial charge >= 0.3 is 0 Å². The Morgan fingerprint density at radius 1 is 0.524 bits per heavy atom. The van der Waals surface area contributed by atoms with Crippen LogP contribution in [0.15, 0.2) is 72.8 Å². The molecule has 0 saturated carbocycles. The molecule has 3 aromatic rings. The van der Waals surface area contributed by atoms with Gasteiger partial charge in [0.2, 0.25) is 0 Å². The van der Waals surface area contributed by atoms with E-state index in [1.807, 2.05) is 0 Å². The Labute approximate surface area is 124 Å². The summed E-state index contributed by atoms with van der Waals surface area (Å²) in [5.41, 5.74) is 9.82. The van der Waals surface area contributed by atoms with E-state index in [9.17, 15) is 0 Å². The molecule has 0 heteroatoms. The van der Waals surface area contributed by atoms with Gasteiger partial charge in [-0.25, -0.2) is 0 Å². The summed E-state index contributed by atoms with van der Waals surface area (Å²) in [6.07, 6.45) is 2.37. The number of rotatable bonds is 0. The van der Waals surface area contributed by atoms with E-state index in [-0.39, 0.29) is 0 Å². The van der Waals surface area contributed by atoms with Gasteiger partial charge in [-0.1, -0.05) is 72.8 Å². The molecule has 2 aliphatic rings. The molecule has 0 radical (unpaired) electrons. The monoisotopic (exact) mass is 266 g/mol. The molecule has 0 nitrogen and oxygen atoms in total. The average Bonchev–Trinajstić information content (AvgIpc) is 2.95. The fourth-order valence-electron chi connectivity index (χ4n) is 3.86. The van der Waals surface area contributed by atoms with Crippen molar-refractivity contribution in [3.8, 4) is 11.1 Å². The van der Waals surface area contributed by atoms with Crippen molar-refractivity contribution < 1.29 is 0 Å². The van der Waals surface area contributed by atoms with Gasteiger partial charge in [-0.05, 0) is 45.0 Å². The Morgan fingerprint density at radius 3 is 2.00 bits per heavy atom. The Morgan fingerprint density at radius 2 is 1.14 bits per heavy atom. The molecule has 0 fully saturated rings. The van der Waals surface area contributed by atoms with Crippen LogP contribution in [-0.2, 0) is 0 Å². The fraction of sp³-hybridized carbons (Fsp3) is 0.0476. The van der Waals surface area contributed by atoms with Gasteiger partial charge in [0.25, 0.3) is 0 Å². The molecule has 1 atom stereocenters. The summed E-state index contributed by atoms with van der Waals surface area (Å²) >= 11 is 0. The Balaban J connectivity index is 1.91. The summed E-state index contributed by atoms with van der Waals surface area (Å²) in [6.45, 7) is 0. The van der Waals surface area contributed by atoms with E-state index in [0.717, 1.165) is 0 Å². The molecule has 0 bridgehead atoms. The molecular weight excluding hydrogens is 252 g/mol. The van der Waals surface area contributed by atoms with Gasteiger partial charge < -0.3 is 0 Å². The lowest BCUT2D eigenvalue weighted by Crippen LogP contribution is -2.09. The number of allylic oxidation sites excluding steroid dienone is 1. The smallest absolute Gasteiger partial charge is 0.0358 e. The maximum absolute atomic E-state index is 2.37. The van der Waals surface area contributed by atoms with Crippen LogP contribution in [0, 0.1) is 0 Å². The third kappa shape index (κ3) is 1.39. The predicted octanol–water partition coefficient (Wildman–Crippen LogP) is 5.35. The van der Waals surface area contributed by atoms with Gasteiger partial charge in [-0.2, -0.15) is 0 Å². The summed E-state index contributed by atoms with van der Waals surface area (Å²) < 4.78 is 0. The van der Waals surface area contributed by atoms with Gasteiger partial charge in [0.15, 0.2) is 0 Å². The summed E-state index contributed by atoms with van der Waals surface area (Å²) in [5, 5.41) is 0. The quantitative estimate of drug-likeness (QED) is 0.514. The molecule has 0 saturated heterocycles. The summed E-state index contributed by atoms with van der Waals surface area (Å²) in [7, 11) is 0. The van der Waals surface area contributed by atoms with E-state index in [0.29, 0.717) is 5.92 Å². The summed E-state index contributed by atoms with van der Waals surface area (Å²) in [4.78, 5) is 0. The van der Waals surface area contributed by atoms with Crippen molar-refractivity contribution >= 4 is 11.6 Å². The first-order chi connectivity index (χ1) is 10.4. The van der Waals surface area contributed by atoms with E-state index in [1.54, 1.807) is 0 Å². The van der Waals surface area contributed by atoms with E-state index in [4.69, 9.17) is 0 Å². The molecule has 1 unspecified atom stereocenters. The molecular formula is C21H14. The normalized spacial score (nSPS) is 17.3. The summed E-state index contributed by atoms with van der Waals surface area (Å²) in [6, 6.07) is 26.4. The van der Waals surface area contributed by atoms with Crippen molar-refractivity contribution in [3.63, 3.8) is 0 Å². The molecule has 0 spiro atoms. The van der Waals surface area contributed by atoms with Crippen LogP contribution in [0.1, 0.15) is 28.2 Å². The van der Waals surface area contributed by atoms with Crippen LogP contribution in [0.3, 0.4) is 0 Å². The average molecular weight is 266 g/mol. The van der Waals surface area contributed by atoms with Gasteiger partial charge in [0.05, 0.1) is 0 Å². The largest absolute Gasteiger partial charge is 0.0619 e. The van der Waals surface area contributed by atoms with Crippen molar-refractivity contribution in [2.24, 2.45) is 0 Å². The van der Waals surface area contributed by atoms with Crippen LogP contribution in [0.25, 0.3) is 22.8 Å². The molecule has 21 heavy (non-hydrogen) atoms. The number of hydrogen-bond acceptors (Lipinski definition) is 0. The zero-order valence-electron chi connectivity index (χ0n) is 11.6. The lowest BCUT2D eigenvalue weighted by atomic mass is 9.75. The molecule has 0 aromatic heterocycles. The Hall–Kier alpha value is -2.60. The minimum atomic E-state index is 0.396. The molecule has 0 aliphatic heterocycles. The maximum Gasteiger partial charge on any atom is 0.0358 e. The highest BCUT2D eigenvalue weighted by atomic mass is 14.4. The molecule has 0 N–H and O–H groups in total. The first kappa shape index (κ1) is 11.1. The van der Waals surface area contributed by atoms with Crippen molar-refractivity contribution in [2.75, 3.05) is 0 Å². The summed E-state index contributed by atoms with van der Waals surface area (Å²) in [5.74, 6) is 0.396. The van der Waals surface area contributed by atoms with E-state index < -0.39 is 0 Å². The van der Waals surface area contributed by atoms with Gasteiger partial charge in [0.1, 0.15) is 0 Å². The van der Waals surface area contributed by atoms with Crippen LogP contribution >= 0.6 is 0 Å². The lowest BCUT2D eigenvalue weighted by molar-refractivity contribution is 1.05.